The van der Waals surface area contributed by atoms with E-state index in [0.717, 1.165) is 35.5 Å². The number of rotatable bonds is 1. The number of benzene rings is 1. The van der Waals surface area contributed by atoms with Crippen LogP contribution in [0.1, 0.15) is 16.8 Å². The lowest BCUT2D eigenvalue weighted by molar-refractivity contribution is 0.0423. The molecule has 4 bridgehead atoms. The van der Waals surface area contributed by atoms with Gasteiger partial charge in [-0.15, -0.1) is 0 Å². The van der Waals surface area contributed by atoms with E-state index in [1.807, 2.05) is 25.4 Å². The number of aromatic nitrogens is 1. The van der Waals surface area contributed by atoms with E-state index in [4.69, 9.17) is 0 Å². The van der Waals surface area contributed by atoms with Crippen LogP contribution in [0.15, 0.2) is 30.5 Å². The highest BCUT2D eigenvalue weighted by atomic mass is 16.2. The molecule has 2 aromatic rings. The van der Waals surface area contributed by atoms with Crippen molar-refractivity contribution in [1.82, 2.24) is 14.4 Å². The van der Waals surface area contributed by atoms with Crippen LogP contribution in [0.5, 0.6) is 0 Å². The fourth-order valence-corrected chi connectivity index (χ4v) is 5.01. The Labute approximate surface area is 130 Å². The van der Waals surface area contributed by atoms with Gasteiger partial charge < -0.3 is 14.4 Å². The second-order valence-corrected chi connectivity index (χ2v) is 7.17. The Hall–Kier alpha value is -1.81. The van der Waals surface area contributed by atoms with Crippen molar-refractivity contribution >= 4 is 16.8 Å². The highest BCUT2D eigenvalue weighted by molar-refractivity contribution is 6.07. The van der Waals surface area contributed by atoms with Gasteiger partial charge in [-0.3, -0.25) is 4.79 Å². The molecule has 1 aromatic heterocycles. The second-order valence-electron chi connectivity index (χ2n) is 7.17. The van der Waals surface area contributed by atoms with E-state index >= 15 is 0 Å². The summed E-state index contributed by atoms with van der Waals surface area (Å²) in [7, 11) is 2.02. The van der Waals surface area contributed by atoms with Crippen molar-refractivity contribution in [3.8, 4) is 0 Å². The maximum atomic E-state index is 13.2. The average Bonchev–Trinajstić information content (AvgIpc) is 3.03. The van der Waals surface area contributed by atoms with Gasteiger partial charge in [0.25, 0.3) is 5.91 Å². The highest BCUT2D eigenvalue weighted by Crippen LogP contribution is 2.42. The van der Waals surface area contributed by atoms with Gasteiger partial charge in [0, 0.05) is 49.8 Å². The second kappa shape index (κ2) is 4.35. The Balaban J connectivity index is 1.54. The standard InChI is InChI=1S/C18H21N3O/c1-19-10-15(14-4-2-3-5-16(14)19)18(22)21-9-12-8-20-7-6-13(12)17(21)11-20/h2-5,10,12-13,17H,6-9,11H2,1H3/t12-,13-,17-/m1/s1. The molecule has 0 radical (unpaired) electrons. The highest BCUT2D eigenvalue weighted by Gasteiger charge is 2.51. The molecule has 1 unspecified atom stereocenters. The summed E-state index contributed by atoms with van der Waals surface area (Å²) < 4.78 is 2.07. The van der Waals surface area contributed by atoms with Crippen LogP contribution in [0.3, 0.4) is 0 Å². The summed E-state index contributed by atoms with van der Waals surface area (Å²) in [5, 5.41) is 1.09. The molecule has 4 saturated heterocycles. The van der Waals surface area contributed by atoms with Crippen LogP contribution in [0.4, 0.5) is 0 Å². The molecule has 4 fully saturated rings. The van der Waals surface area contributed by atoms with E-state index in [-0.39, 0.29) is 5.91 Å². The van der Waals surface area contributed by atoms with Gasteiger partial charge in [-0.25, -0.2) is 0 Å². The van der Waals surface area contributed by atoms with Crippen molar-refractivity contribution in [1.29, 1.82) is 0 Å². The minimum atomic E-state index is 0.234. The van der Waals surface area contributed by atoms with E-state index < -0.39 is 0 Å². The summed E-state index contributed by atoms with van der Waals surface area (Å²) in [6.45, 7) is 4.46. The first-order chi connectivity index (χ1) is 10.7. The number of amides is 1. The van der Waals surface area contributed by atoms with Crippen LogP contribution in [0.25, 0.3) is 10.9 Å². The molecule has 22 heavy (non-hydrogen) atoms. The number of aryl methyl sites for hydroxylation is 1. The average molecular weight is 295 g/mol. The van der Waals surface area contributed by atoms with E-state index in [0.29, 0.717) is 12.0 Å². The monoisotopic (exact) mass is 295 g/mol. The maximum absolute atomic E-state index is 13.2. The third kappa shape index (κ3) is 1.59. The van der Waals surface area contributed by atoms with E-state index in [2.05, 4.69) is 26.5 Å². The van der Waals surface area contributed by atoms with Gasteiger partial charge in [-0.2, -0.15) is 0 Å². The number of carbonyl (C=O) groups is 1. The van der Waals surface area contributed by atoms with Gasteiger partial charge >= 0.3 is 0 Å². The minimum absolute atomic E-state index is 0.234. The van der Waals surface area contributed by atoms with Crippen LogP contribution in [0, 0.1) is 11.8 Å². The van der Waals surface area contributed by atoms with E-state index in [1.165, 1.54) is 19.5 Å². The molecule has 0 N–H and O–H groups in total. The minimum Gasteiger partial charge on any atom is -0.350 e. The predicted octanol–water partition coefficient (Wildman–Crippen LogP) is 1.95. The third-order valence-electron chi connectivity index (χ3n) is 6.04. The van der Waals surface area contributed by atoms with Crippen molar-refractivity contribution < 1.29 is 4.79 Å². The predicted molar refractivity (Wildman–Crippen MR) is 85.8 cm³/mol. The van der Waals surface area contributed by atoms with Crippen molar-refractivity contribution in [2.75, 3.05) is 26.2 Å². The van der Waals surface area contributed by atoms with Gasteiger partial charge in [0.2, 0.25) is 0 Å². The molecule has 4 heteroatoms. The SMILES string of the molecule is Cn1cc(C(=O)N2C[C@H]3CN4CC[C@H]3[C@H]2C4)c2ccccc21. The number of fused-ring (bicyclic) bond motifs is 2. The first-order valence-corrected chi connectivity index (χ1v) is 8.30. The Morgan fingerprint density at radius 3 is 2.86 bits per heavy atom. The van der Waals surface area contributed by atoms with Gasteiger partial charge in [-0.05, 0) is 30.9 Å². The zero-order valence-corrected chi connectivity index (χ0v) is 12.9. The van der Waals surface area contributed by atoms with E-state index in [1.54, 1.807) is 0 Å². The topological polar surface area (TPSA) is 28.5 Å². The maximum Gasteiger partial charge on any atom is 0.256 e. The number of hydrogen-bond donors (Lipinski definition) is 0. The molecule has 114 valence electrons. The number of carbonyl (C=O) groups excluding carboxylic acids is 1. The van der Waals surface area contributed by atoms with Gasteiger partial charge in [-0.1, -0.05) is 18.2 Å². The van der Waals surface area contributed by atoms with Crippen molar-refractivity contribution in [2.24, 2.45) is 18.9 Å². The molecule has 4 nitrogen and oxygen atoms in total. The summed E-state index contributed by atoms with van der Waals surface area (Å²) in [6.07, 6.45) is 3.28. The number of likely N-dealkylation sites (tertiary alicyclic amines) is 1. The Kier molecular flexibility index (Phi) is 2.51. The molecule has 1 amide bonds. The first kappa shape index (κ1) is 12.7. The van der Waals surface area contributed by atoms with Crippen molar-refractivity contribution in [3.05, 3.63) is 36.0 Å². The number of piperidine rings is 3. The Morgan fingerprint density at radius 2 is 2.05 bits per heavy atom. The van der Waals surface area contributed by atoms with Gasteiger partial charge in [0.05, 0.1) is 5.56 Å². The van der Waals surface area contributed by atoms with Crippen molar-refractivity contribution in [2.45, 2.75) is 12.5 Å². The zero-order chi connectivity index (χ0) is 14.8. The van der Waals surface area contributed by atoms with E-state index in [9.17, 15) is 4.79 Å². The fraction of sp³-hybridized carbons (Fsp3) is 0.500. The molecular weight excluding hydrogens is 274 g/mol. The van der Waals surface area contributed by atoms with Crippen LogP contribution < -0.4 is 0 Å². The molecule has 1 aromatic carbocycles. The first-order valence-electron chi connectivity index (χ1n) is 8.30. The summed E-state index contributed by atoms with van der Waals surface area (Å²) >= 11 is 0. The lowest BCUT2D eigenvalue weighted by Gasteiger charge is -2.44. The molecule has 6 rings (SSSR count). The molecule has 4 aliphatic heterocycles. The summed E-state index contributed by atoms with van der Waals surface area (Å²) in [5.74, 6) is 1.67. The van der Waals surface area contributed by atoms with Crippen molar-refractivity contribution in [3.63, 3.8) is 0 Å². The molecule has 4 atom stereocenters. The summed E-state index contributed by atoms with van der Waals surface area (Å²) in [6, 6.07) is 8.66. The zero-order valence-electron chi connectivity index (χ0n) is 12.9. The summed E-state index contributed by atoms with van der Waals surface area (Å²) in [4.78, 5) is 17.9. The summed E-state index contributed by atoms with van der Waals surface area (Å²) in [5.41, 5.74) is 2.01. The molecule has 0 spiro atoms. The van der Waals surface area contributed by atoms with Crippen LogP contribution >= 0.6 is 0 Å². The molecule has 0 saturated carbocycles. The lowest BCUT2D eigenvalue weighted by Crippen LogP contribution is -2.54. The van der Waals surface area contributed by atoms with Crippen LogP contribution in [-0.4, -0.2) is 52.5 Å². The smallest absolute Gasteiger partial charge is 0.256 e. The van der Waals surface area contributed by atoms with Gasteiger partial charge in [0.1, 0.15) is 0 Å². The largest absolute Gasteiger partial charge is 0.350 e. The van der Waals surface area contributed by atoms with Gasteiger partial charge in [0.15, 0.2) is 0 Å². The van der Waals surface area contributed by atoms with Crippen LogP contribution in [0.2, 0.25) is 0 Å². The lowest BCUT2D eigenvalue weighted by atomic mass is 9.80. The Bertz CT molecular complexity index is 765. The molecule has 5 heterocycles. The number of para-hydroxylation sites is 1. The molecule has 0 aliphatic carbocycles. The quantitative estimate of drug-likeness (QED) is 0.804. The third-order valence-corrected chi connectivity index (χ3v) is 6.04. The molecular formula is C18H21N3O. The number of nitrogens with zero attached hydrogens (tertiary/aromatic N) is 3. The Morgan fingerprint density at radius 1 is 1.18 bits per heavy atom. The normalized spacial score (nSPS) is 32.9. The van der Waals surface area contributed by atoms with Crippen LogP contribution in [-0.2, 0) is 7.05 Å². The molecule has 4 aliphatic rings. The number of hydrogen-bond acceptors (Lipinski definition) is 2. The fourth-order valence-electron chi connectivity index (χ4n) is 5.01.